The highest BCUT2D eigenvalue weighted by atomic mass is 35.5. The molecule has 0 aromatic heterocycles. The van der Waals surface area contributed by atoms with Gasteiger partial charge in [-0.15, -0.1) is 0 Å². The van der Waals surface area contributed by atoms with Gasteiger partial charge in [0.25, 0.3) is 0 Å². The zero-order valence-corrected chi connectivity index (χ0v) is 11.6. The largest absolute Gasteiger partial charge is 0.322 e. The first kappa shape index (κ1) is 14.8. The molecule has 2 aromatic rings. The van der Waals surface area contributed by atoms with Crippen LogP contribution in [0.15, 0.2) is 48.5 Å². The molecule has 0 unspecified atom stereocenters. The highest BCUT2D eigenvalue weighted by Gasteiger charge is 2.01. The van der Waals surface area contributed by atoms with Gasteiger partial charge in [0.2, 0.25) is 5.91 Å². The molecule has 3 nitrogen and oxygen atoms in total. The molecule has 0 aliphatic carbocycles. The second-order valence-electron chi connectivity index (χ2n) is 4.19. The van der Waals surface area contributed by atoms with E-state index in [9.17, 15) is 9.18 Å². The Balaban J connectivity index is 2.05. The van der Waals surface area contributed by atoms with Crippen molar-refractivity contribution in [1.29, 1.82) is 5.26 Å². The summed E-state index contributed by atoms with van der Waals surface area (Å²) in [6.07, 6.45) is 2.83. The van der Waals surface area contributed by atoms with Crippen LogP contribution in [0.3, 0.4) is 0 Å². The van der Waals surface area contributed by atoms with Gasteiger partial charge >= 0.3 is 0 Å². The molecule has 5 heteroatoms. The fraction of sp³-hybridized carbons (Fsp3) is 0. The number of anilines is 1. The Morgan fingerprint density at radius 3 is 2.81 bits per heavy atom. The predicted molar refractivity (Wildman–Crippen MR) is 80.2 cm³/mol. The number of carbonyl (C=O) groups is 1. The summed E-state index contributed by atoms with van der Waals surface area (Å²) in [6.45, 7) is 0. The fourth-order valence-corrected chi connectivity index (χ4v) is 1.83. The van der Waals surface area contributed by atoms with Crippen LogP contribution < -0.4 is 5.32 Å². The van der Waals surface area contributed by atoms with Crippen LogP contribution in [-0.2, 0) is 4.79 Å². The van der Waals surface area contributed by atoms with Crippen molar-refractivity contribution in [3.8, 4) is 6.07 Å². The normalized spacial score (nSPS) is 10.3. The summed E-state index contributed by atoms with van der Waals surface area (Å²) in [5.74, 6) is -0.864. The molecular formula is C16H10ClFN2O. The van der Waals surface area contributed by atoms with Crippen molar-refractivity contribution in [2.45, 2.75) is 0 Å². The Morgan fingerprint density at radius 2 is 2.10 bits per heavy atom. The number of nitrogens with zero attached hydrogens (tertiary/aromatic N) is 1. The Bertz CT molecular complexity index is 750. The third-order valence-electron chi connectivity index (χ3n) is 2.63. The first-order valence-electron chi connectivity index (χ1n) is 6.03. The molecule has 2 rings (SSSR count). The van der Waals surface area contributed by atoms with E-state index in [4.69, 9.17) is 16.9 Å². The molecule has 1 amide bonds. The molecule has 0 radical (unpaired) electrons. The highest BCUT2D eigenvalue weighted by Crippen LogP contribution is 2.17. The van der Waals surface area contributed by atoms with Crippen LogP contribution >= 0.6 is 11.6 Å². The molecule has 1 N–H and O–H groups in total. The van der Waals surface area contributed by atoms with Crippen molar-refractivity contribution in [2.24, 2.45) is 0 Å². The van der Waals surface area contributed by atoms with E-state index >= 15 is 0 Å². The second-order valence-corrected chi connectivity index (χ2v) is 4.60. The lowest BCUT2D eigenvalue weighted by Crippen LogP contribution is -2.07. The zero-order valence-electron chi connectivity index (χ0n) is 10.8. The van der Waals surface area contributed by atoms with Crippen molar-refractivity contribution in [1.82, 2.24) is 0 Å². The average Bonchev–Trinajstić information content (AvgIpc) is 2.48. The molecule has 0 aliphatic rings. The van der Waals surface area contributed by atoms with Crippen molar-refractivity contribution in [2.75, 3.05) is 5.32 Å². The Morgan fingerprint density at radius 1 is 1.29 bits per heavy atom. The van der Waals surface area contributed by atoms with Gasteiger partial charge in [-0.3, -0.25) is 4.79 Å². The van der Waals surface area contributed by atoms with Crippen LogP contribution in [0.1, 0.15) is 11.1 Å². The van der Waals surface area contributed by atoms with Crippen LogP contribution in [0.25, 0.3) is 6.08 Å². The molecule has 0 saturated heterocycles. The van der Waals surface area contributed by atoms with Crippen LogP contribution in [0.5, 0.6) is 0 Å². The van der Waals surface area contributed by atoms with E-state index in [-0.39, 0.29) is 10.9 Å². The van der Waals surface area contributed by atoms with Gasteiger partial charge in [0.15, 0.2) is 0 Å². The lowest BCUT2D eigenvalue weighted by Gasteiger charge is -2.02. The van der Waals surface area contributed by atoms with E-state index in [1.165, 1.54) is 30.4 Å². The van der Waals surface area contributed by atoms with Crippen LogP contribution in [0.2, 0.25) is 5.02 Å². The lowest BCUT2D eigenvalue weighted by molar-refractivity contribution is -0.111. The molecule has 0 saturated carbocycles. The minimum absolute atomic E-state index is 0.000667. The smallest absolute Gasteiger partial charge is 0.248 e. The molecule has 0 spiro atoms. The SMILES string of the molecule is N#Cc1cccc(NC(=O)/C=C/c2ccc(F)c(Cl)c2)c1. The molecule has 2 aromatic carbocycles. The van der Waals surface area contributed by atoms with Crippen molar-refractivity contribution >= 4 is 29.3 Å². The lowest BCUT2D eigenvalue weighted by atomic mass is 10.2. The standard InChI is InChI=1S/C16H10ClFN2O/c17-14-9-11(4-6-15(14)18)5-7-16(21)20-13-3-1-2-12(8-13)10-19/h1-9H,(H,20,21)/b7-5+. The van der Waals surface area contributed by atoms with Gasteiger partial charge < -0.3 is 5.32 Å². The van der Waals surface area contributed by atoms with Gasteiger partial charge in [0.05, 0.1) is 16.7 Å². The minimum Gasteiger partial charge on any atom is -0.322 e. The summed E-state index contributed by atoms with van der Waals surface area (Å²) in [5, 5.41) is 11.4. The van der Waals surface area contributed by atoms with E-state index in [1.807, 2.05) is 6.07 Å². The number of halogens is 2. The quantitative estimate of drug-likeness (QED) is 0.871. The second kappa shape index (κ2) is 6.69. The number of benzene rings is 2. The monoisotopic (exact) mass is 300 g/mol. The molecule has 0 fully saturated rings. The van der Waals surface area contributed by atoms with Gasteiger partial charge in [-0.2, -0.15) is 5.26 Å². The average molecular weight is 301 g/mol. The molecular weight excluding hydrogens is 291 g/mol. The van der Waals surface area contributed by atoms with Crippen molar-refractivity contribution in [3.05, 3.63) is 70.5 Å². The summed E-state index contributed by atoms with van der Waals surface area (Å²) in [7, 11) is 0. The third-order valence-corrected chi connectivity index (χ3v) is 2.92. The molecule has 0 aliphatic heterocycles. The maximum Gasteiger partial charge on any atom is 0.248 e. The van der Waals surface area contributed by atoms with E-state index < -0.39 is 5.82 Å². The van der Waals surface area contributed by atoms with Crippen LogP contribution in [0.4, 0.5) is 10.1 Å². The van der Waals surface area contributed by atoms with Crippen molar-refractivity contribution < 1.29 is 9.18 Å². The van der Waals surface area contributed by atoms with Gasteiger partial charge in [-0.1, -0.05) is 23.7 Å². The van der Waals surface area contributed by atoms with E-state index in [0.29, 0.717) is 16.8 Å². The van der Waals surface area contributed by atoms with Gasteiger partial charge in [0, 0.05) is 11.8 Å². The number of amides is 1. The van der Waals surface area contributed by atoms with E-state index in [0.717, 1.165) is 0 Å². The Labute approximate surface area is 126 Å². The fourth-order valence-electron chi connectivity index (χ4n) is 1.64. The minimum atomic E-state index is -0.508. The first-order valence-corrected chi connectivity index (χ1v) is 6.40. The Kier molecular flexibility index (Phi) is 4.70. The summed E-state index contributed by atoms with van der Waals surface area (Å²) in [4.78, 5) is 11.7. The highest BCUT2D eigenvalue weighted by molar-refractivity contribution is 6.30. The molecule has 104 valence electrons. The van der Waals surface area contributed by atoms with Crippen LogP contribution in [-0.4, -0.2) is 5.91 Å². The molecule has 21 heavy (non-hydrogen) atoms. The first-order chi connectivity index (χ1) is 10.1. The number of nitrogens with one attached hydrogen (secondary N) is 1. The van der Waals surface area contributed by atoms with E-state index in [1.54, 1.807) is 24.3 Å². The number of nitriles is 1. The summed E-state index contributed by atoms with van der Waals surface area (Å²) in [5.41, 5.74) is 1.60. The van der Waals surface area contributed by atoms with Crippen LogP contribution in [0, 0.1) is 17.1 Å². The van der Waals surface area contributed by atoms with Gasteiger partial charge in [0.1, 0.15) is 5.82 Å². The predicted octanol–water partition coefficient (Wildman–Crippen LogP) is 4.00. The maximum absolute atomic E-state index is 13.0. The topological polar surface area (TPSA) is 52.9 Å². The number of hydrogen-bond donors (Lipinski definition) is 1. The molecule has 0 heterocycles. The number of rotatable bonds is 3. The van der Waals surface area contributed by atoms with Gasteiger partial charge in [-0.25, -0.2) is 4.39 Å². The zero-order chi connectivity index (χ0) is 15.2. The Hall–Kier alpha value is -2.64. The third kappa shape index (κ3) is 4.16. The van der Waals surface area contributed by atoms with Gasteiger partial charge in [-0.05, 0) is 42.0 Å². The molecule has 0 bridgehead atoms. The number of carbonyl (C=O) groups excluding carboxylic acids is 1. The summed E-state index contributed by atoms with van der Waals surface area (Å²) in [6, 6.07) is 12.7. The maximum atomic E-state index is 13.0. The van der Waals surface area contributed by atoms with Crippen molar-refractivity contribution in [3.63, 3.8) is 0 Å². The summed E-state index contributed by atoms with van der Waals surface area (Å²) < 4.78 is 13.0. The molecule has 0 atom stereocenters. The number of hydrogen-bond acceptors (Lipinski definition) is 2. The van der Waals surface area contributed by atoms with E-state index in [2.05, 4.69) is 5.32 Å². The summed E-state index contributed by atoms with van der Waals surface area (Å²) >= 11 is 5.65.